The first-order valence-electron chi connectivity index (χ1n) is 9.46. The van der Waals surface area contributed by atoms with Crippen LogP contribution in [0.15, 0.2) is 54.6 Å². The molecule has 134 valence electrons. The molecule has 25 heavy (non-hydrogen) atoms. The standard InChI is InChI=1S/C22H29NO2/c24-20(16-21-17-23-14-15-25-21)12-6-4-10-19-11-5-7-13-22(19)18-8-2-1-3-9-18/h1-3,5,7-9,11,13,20-21,23-24H,4,6,10,12,14-17H2. The molecule has 0 amide bonds. The van der Waals surface area contributed by atoms with Crippen LogP contribution in [0.25, 0.3) is 11.1 Å². The number of benzene rings is 2. The maximum absolute atomic E-state index is 10.2. The van der Waals surface area contributed by atoms with Crippen LogP contribution < -0.4 is 5.32 Å². The number of aryl methyl sites for hydroxylation is 1. The molecule has 1 fully saturated rings. The minimum absolute atomic E-state index is 0.169. The van der Waals surface area contributed by atoms with Crippen LogP contribution in [-0.4, -0.2) is 37.0 Å². The fourth-order valence-electron chi connectivity index (χ4n) is 3.53. The summed E-state index contributed by atoms with van der Waals surface area (Å²) in [7, 11) is 0. The molecule has 1 heterocycles. The van der Waals surface area contributed by atoms with E-state index in [0.717, 1.165) is 51.8 Å². The van der Waals surface area contributed by atoms with E-state index in [1.54, 1.807) is 0 Å². The highest BCUT2D eigenvalue weighted by atomic mass is 16.5. The van der Waals surface area contributed by atoms with E-state index in [1.807, 2.05) is 0 Å². The van der Waals surface area contributed by atoms with Crippen molar-refractivity contribution in [3.8, 4) is 11.1 Å². The normalized spacial score (nSPS) is 18.8. The van der Waals surface area contributed by atoms with Gasteiger partial charge in [0.2, 0.25) is 0 Å². The predicted molar refractivity (Wildman–Crippen MR) is 103 cm³/mol. The minimum atomic E-state index is -0.255. The third-order valence-electron chi connectivity index (χ3n) is 4.87. The number of hydrogen-bond acceptors (Lipinski definition) is 3. The Hall–Kier alpha value is -1.68. The third-order valence-corrected chi connectivity index (χ3v) is 4.87. The zero-order chi connectivity index (χ0) is 17.3. The molecule has 2 atom stereocenters. The van der Waals surface area contributed by atoms with Crippen LogP contribution in [0.2, 0.25) is 0 Å². The molecule has 3 rings (SSSR count). The number of morpholine rings is 1. The van der Waals surface area contributed by atoms with Crippen molar-refractivity contribution < 1.29 is 9.84 Å². The molecule has 3 heteroatoms. The van der Waals surface area contributed by atoms with Crippen LogP contribution in [-0.2, 0) is 11.2 Å². The first-order valence-corrected chi connectivity index (χ1v) is 9.46. The van der Waals surface area contributed by atoms with Crippen molar-refractivity contribution in [3.05, 3.63) is 60.2 Å². The van der Waals surface area contributed by atoms with Crippen LogP contribution in [0.3, 0.4) is 0 Å². The summed E-state index contributed by atoms with van der Waals surface area (Å²) in [6.07, 6.45) is 4.71. The molecule has 0 radical (unpaired) electrons. The monoisotopic (exact) mass is 339 g/mol. The molecule has 0 aliphatic carbocycles. The van der Waals surface area contributed by atoms with Gasteiger partial charge in [0, 0.05) is 19.5 Å². The molecule has 1 aliphatic rings. The van der Waals surface area contributed by atoms with Crippen LogP contribution in [0, 0.1) is 0 Å². The van der Waals surface area contributed by atoms with Crippen molar-refractivity contribution in [3.63, 3.8) is 0 Å². The van der Waals surface area contributed by atoms with Gasteiger partial charge < -0.3 is 15.2 Å². The SMILES string of the molecule is OC(CCCCc1ccccc1-c1ccccc1)CC1CNCCO1. The van der Waals surface area contributed by atoms with Gasteiger partial charge in [-0.2, -0.15) is 0 Å². The maximum Gasteiger partial charge on any atom is 0.0724 e. The Balaban J connectivity index is 1.45. The zero-order valence-electron chi connectivity index (χ0n) is 14.9. The number of unbranched alkanes of at least 4 members (excludes halogenated alkanes) is 1. The topological polar surface area (TPSA) is 41.5 Å². The number of aliphatic hydroxyl groups is 1. The summed E-state index contributed by atoms with van der Waals surface area (Å²) in [6.45, 7) is 2.54. The number of aliphatic hydroxyl groups excluding tert-OH is 1. The van der Waals surface area contributed by atoms with Crippen molar-refractivity contribution in [2.45, 2.75) is 44.3 Å². The van der Waals surface area contributed by atoms with Crippen LogP contribution in [0.4, 0.5) is 0 Å². The second kappa shape index (κ2) is 9.71. The van der Waals surface area contributed by atoms with E-state index >= 15 is 0 Å². The summed E-state index contributed by atoms with van der Waals surface area (Å²) < 4.78 is 5.67. The summed E-state index contributed by atoms with van der Waals surface area (Å²) in [5.74, 6) is 0. The van der Waals surface area contributed by atoms with Crippen molar-refractivity contribution in [1.29, 1.82) is 0 Å². The van der Waals surface area contributed by atoms with Crippen molar-refractivity contribution in [2.75, 3.05) is 19.7 Å². The average molecular weight is 339 g/mol. The molecule has 0 saturated carbocycles. The van der Waals surface area contributed by atoms with Gasteiger partial charge in [0.1, 0.15) is 0 Å². The predicted octanol–water partition coefficient (Wildman–Crippen LogP) is 3.81. The zero-order valence-corrected chi connectivity index (χ0v) is 14.9. The molecule has 0 bridgehead atoms. The lowest BCUT2D eigenvalue weighted by Gasteiger charge is -2.25. The van der Waals surface area contributed by atoms with Gasteiger partial charge in [-0.05, 0) is 36.0 Å². The van der Waals surface area contributed by atoms with Gasteiger partial charge in [-0.1, -0.05) is 61.0 Å². The molecular weight excluding hydrogens is 310 g/mol. The number of ether oxygens (including phenoxy) is 1. The second-order valence-corrected chi connectivity index (χ2v) is 6.86. The first-order chi connectivity index (χ1) is 12.3. The summed E-state index contributed by atoms with van der Waals surface area (Å²) in [4.78, 5) is 0. The van der Waals surface area contributed by atoms with Gasteiger partial charge in [0.15, 0.2) is 0 Å². The second-order valence-electron chi connectivity index (χ2n) is 6.86. The highest BCUT2D eigenvalue weighted by Crippen LogP contribution is 2.25. The van der Waals surface area contributed by atoms with Crippen LogP contribution in [0.5, 0.6) is 0 Å². The first kappa shape index (κ1) is 18.1. The minimum Gasteiger partial charge on any atom is -0.393 e. The smallest absolute Gasteiger partial charge is 0.0724 e. The number of nitrogens with one attached hydrogen (secondary N) is 1. The number of hydrogen-bond donors (Lipinski definition) is 2. The van der Waals surface area contributed by atoms with Gasteiger partial charge in [-0.3, -0.25) is 0 Å². The van der Waals surface area contributed by atoms with Gasteiger partial charge in [0.25, 0.3) is 0 Å². The lowest BCUT2D eigenvalue weighted by atomic mass is 9.95. The van der Waals surface area contributed by atoms with Gasteiger partial charge in [-0.15, -0.1) is 0 Å². The highest BCUT2D eigenvalue weighted by molar-refractivity contribution is 5.67. The van der Waals surface area contributed by atoms with Gasteiger partial charge in [0.05, 0.1) is 18.8 Å². The van der Waals surface area contributed by atoms with Crippen molar-refractivity contribution in [1.82, 2.24) is 5.32 Å². The van der Waals surface area contributed by atoms with E-state index in [-0.39, 0.29) is 12.2 Å². The summed E-state index contributed by atoms with van der Waals surface area (Å²) >= 11 is 0. The Kier molecular flexibility index (Phi) is 7.04. The fourth-order valence-corrected chi connectivity index (χ4v) is 3.53. The summed E-state index contributed by atoms with van der Waals surface area (Å²) in [5, 5.41) is 13.5. The maximum atomic E-state index is 10.2. The largest absolute Gasteiger partial charge is 0.393 e. The molecule has 2 aromatic carbocycles. The third kappa shape index (κ3) is 5.67. The van der Waals surface area contributed by atoms with E-state index in [1.165, 1.54) is 16.7 Å². The van der Waals surface area contributed by atoms with Gasteiger partial charge in [-0.25, -0.2) is 0 Å². The molecule has 1 aliphatic heterocycles. The Morgan fingerprint density at radius 2 is 1.84 bits per heavy atom. The molecule has 0 spiro atoms. The lowest BCUT2D eigenvalue weighted by molar-refractivity contribution is -0.00648. The van der Waals surface area contributed by atoms with Gasteiger partial charge >= 0.3 is 0 Å². The quantitative estimate of drug-likeness (QED) is 0.719. The number of rotatable bonds is 8. The van der Waals surface area contributed by atoms with E-state index in [9.17, 15) is 5.11 Å². The van der Waals surface area contributed by atoms with E-state index in [0.29, 0.717) is 0 Å². The lowest BCUT2D eigenvalue weighted by Crippen LogP contribution is -2.40. The Morgan fingerprint density at radius 3 is 2.64 bits per heavy atom. The fraction of sp³-hybridized carbons (Fsp3) is 0.455. The molecule has 1 saturated heterocycles. The Morgan fingerprint density at radius 1 is 1.04 bits per heavy atom. The molecule has 2 N–H and O–H groups in total. The van der Waals surface area contributed by atoms with Crippen molar-refractivity contribution >= 4 is 0 Å². The molecular formula is C22H29NO2. The Bertz CT molecular complexity index is 623. The van der Waals surface area contributed by atoms with E-state index in [4.69, 9.17) is 4.74 Å². The summed E-state index contributed by atoms with van der Waals surface area (Å²) in [5.41, 5.74) is 3.99. The summed E-state index contributed by atoms with van der Waals surface area (Å²) in [6, 6.07) is 19.2. The molecule has 3 nitrogen and oxygen atoms in total. The average Bonchev–Trinajstić information content (AvgIpc) is 2.67. The van der Waals surface area contributed by atoms with Crippen molar-refractivity contribution in [2.24, 2.45) is 0 Å². The Labute approximate surface area is 151 Å². The molecule has 2 unspecified atom stereocenters. The molecule has 2 aromatic rings. The molecule has 0 aromatic heterocycles. The van der Waals surface area contributed by atoms with E-state index < -0.39 is 0 Å². The van der Waals surface area contributed by atoms with Crippen LogP contribution in [0.1, 0.15) is 31.2 Å². The van der Waals surface area contributed by atoms with Crippen LogP contribution >= 0.6 is 0 Å². The highest BCUT2D eigenvalue weighted by Gasteiger charge is 2.17. The van der Waals surface area contributed by atoms with E-state index in [2.05, 4.69) is 59.9 Å².